The third-order valence-electron chi connectivity index (χ3n) is 5.54. The van der Waals surface area contributed by atoms with Crippen molar-refractivity contribution < 1.29 is 14.1 Å². The van der Waals surface area contributed by atoms with Crippen LogP contribution in [0.25, 0.3) is 11.4 Å². The van der Waals surface area contributed by atoms with E-state index < -0.39 is 0 Å². The van der Waals surface area contributed by atoms with Crippen molar-refractivity contribution in [2.45, 2.75) is 52.1 Å². The number of rotatable bonds is 8. The maximum Gasteiger partial charge on any atom is 0.249 e. The average Bonchev–Trinajstić information content (AvgIpc) is 3.38. The van der Waals surface area contributed by atoms with Crippen molar-refractivity contribution in [1.29, 1.82) is 0 Å². The van der Waals surface area contributed by atoms with E-state index >= 15 is 0 Å². The van der Waals surface area contributed by atoms with Gasteiger partial charge in [0.2, 0.25) is 17.6 Å². The lowest BCUT2D eigenvalue weighted by atomic mass is 10.1. The second-order valence-electron chi connectivity index (χ2n) is 7.69. The molecule has 6 nitrogen and oxygen atoms in total. The smallest absolute Gasteiger partial charge is 0.249 e. The summed E-state index contributed by atoms with van der Waals surface area (Å²) in [7, 11) is 0. The predicted octanol–water partition coefficient (Wildman–Crippen LogP) is 5.09. The molecular weight excluding hydrogens is 378 g/mol. The fourth-order valence-electron chi connectivity index (χ4n) is 3.68. The number of likely N-dealkylation sites (tertiary alicyclic amines) is 1. The summed E-state index contributed by atoms with van der Waals surface area (Å²) in [5.74, 6) is 1.98. The molecule has 2 heterocycles. The minimum Gasteiger partial charge on any atom is -0.494 e. The van der Waals surface area contributed by atoms with Gasteiger partial charge < -0.3 is 14.2 Å². The fourth-order valence-corrected chi connectivity index (χ4v) is 3.68. The number of carbonyl (C=O) groups excluding carboxylic acids is 1. The second kappa shape index (κ2) is 9.11. The van der Waals surface area contributed by atoms with Crippen LogP contribution in [0.15, 0.2) is 53.1 Å². The predicted molar refractivity (Wildman–Crippen MR) is 114 cm³/mol. The number of aromatic nitrogens is 2. The molecule has 0 N–H and O–H groups in total. The zero-order valence-electron chi connectivity index (χ0n) is 17.5. The van der Waals surface area contributed by atoms with Crippen LogP contribution in [0.1, 0.15) is 55.7 Å². The van der Waals surface area contributed by atoms with Crippen LogP contribution in [0.2, 0.25) is 0 Å². The lowest BCUT2D eigenvalue weighted by Gasteiger charge is -2.23. The molecule has 1 unspecified atom stereocenters. The number of hydrogen-bond donors (Lipinski definition) is 0. The quantitative estimate of drug-likeness (QED) is 0.489. The van der Waals surface area contributed by atoms with Gasteiger partial charge in [-0.05, 0) is 55.2 Å². The third kappa shape index (κ3) is 4.37. The first kappa shape index (κ1) is 20.1. The number of carbonyl (C=O) groups is 1. The van der Waals surface area contributed by atoms with Gasteiger partial charge in [-0.2, -0.15) is 4.98 Å². The Balaban J connectivity index is 1.48. The Hall–Kier alpha value is -3.15. The number of aryl methyl sites for hydroxylation is 1. The van der Waals surface area contributed by atoms with Crippen LogP contribution in [0.5, 0.6) is 5.75 Å². The fraction of sp³-hybridized carbons (Fsp3) is 0.375. The average molecular weight is 405 g/mol. The molecule has 2 aromatic carbocycles. The summed E-state index contributed by atoms with van der Waals surface area (Å²) in [6.07, 6.45) is 3.33. The largest absolute Gasteiger partial charge is 0.494 e. The SMILES string of the molecule is CCCCOc1ccc(-c2noc(C3CCC(=O)N3Cc3ccccc3C)n2)cc1. The van der Waals surface area contributed by atoms with E-state index in [-0.39, 0.29) is 11.9 Å². The van der Waals surface area contributed by atoms with Gasteiger partial charge in [-0.1, -0.05) is 42.8 Å². The van der Waals surface area contributed by atoms with Gasteiger partial charge in [0.15, 0.2) is 0 Å². The molecule has 1 atom stereocenters. The van der Waals surface area contributed by atoms with Crippen molar-refractivity contribution in [3.63, 3.8) is 0 Å². The molecular formula is C24H27N3O3. The summed E-state index contributed by atoms with van der Waals surface area (Å²) in [5.41, 5.74) is 3.17. The van der Waals surface area contributed by atoms with Gasteiger partial charge in [0.05, 0.1) is 6.61 Å². The third-order valence-corrected chi connectivity index (χ3v) is 5.54. The molecule has 1 aromatic heterocycles. The summed E-state index contributed by atoms with van der Waals surface area (Å²) in [5, 5.41) is 4.16. The summed E-state index contributed by atoms with van der Waals surface area (Å²) >= 11 is 0. The highest BCUT2D eigenvalue weighted by atomic mass is 16.5. The van der Waals surface area contributed by atoms with E-state index in [1.807, 2.05) is 41.3 Å². The highest BCUT2D eigenvalue weighted by Gasteiger charge is 2.36. The molecule has 6 heteroatoms. The number of hydrogen-bond acceptors (Lipinski definition) is 5. The molecule has 0 bridgehead atoms. The maximum atomic E-state index is 12.5. The van der Waals surface area contributed by atoms with Crippen LogP contribution < -0.4 is 4.74 Å². The topological polar surface area (TPSA) is 68.5 Å². The van der Waals surface area contributed by atoms with Gasteiger partial charge in [0, 0.05) is 18.5 Å². The van der Waals surface area contributed by atoms with Gasteiger partial charge in [-0.15, -0.1) is 0 Å². The number of unbranched alkanes of at least 4 members (excludes halogenated alkanes) is 1. The van der Waals surface area contributed by atoms with E-state index in [0.29, 0.717) is 37.7 Å². The van der Waals surface area contributed by atoms with Crippen molar-refractivity contribution in [2.24, 2.45) is 0 Å². The van der Waals surface area contributed by atoms with Crippen molar-refractivity contribution in [2.75, 3.05) is 6.61 Å². The maximum absolute atomic E-state index is 12.5. The molecule has 3 aromatic rings. The Kier molecular flexibility index (Phi) is 6.12. The highest BCUT2D eigenvalue weighted by molar-refractivity contribution is 5.79. The van der Waals surface area contributed by atoms with Gasteiger partial charge in [-0.25, -0.2) is 0 Å². The summed E-state index contributed by atoms with van der Waals surface area (Å²) < 4.78 is 11.3. The van der Waals surface area contributed by atoms with Crippen molar-refractivity contribution in [3.05, 3.63) is 65.5 Å². The van der Waals surface area contributed by atoms with E-state index in [1.165, 1.54) is 5.56 Å². The summed E-state index contributed by atoms with van der Waals surface area (Å²) in [4.78, 5) is 19.0. The Morgan fingerprint density at radius 3 is 2.73 bits per heavy atom. The molecule has 4 rings (SSSR count). The normalized spacial score (nSPS) is 16.3. The lowest BCUT2D eigenvalue weighted by Crippen LogP contribution is -2.27. The van der Waals surface area contributed by atoms with Gasteiger partial charge in [0.1, 0.15) is 11.8 Å². The van der Waals surface area contributed by atoms with Crippen LogP contribution >= 0.6 is 0 Å². The highest BCUT2D eigenvalue weighted by Crippen LogP contribution is 2.34. The molecule has 30 heavy (non-hydrogen) atoms. The molecule has 0 saturated carbocycles. The van der Waals surface area contributed by atoms with Crippen LogP contribution in [-0.4, -0.2) is 27.6 Å². The summed E-state index contributed by atoms with van der Waals surface area (Å²) in [6.45, 7) is 5.47. The van der Waals surface area contributed by atoms with Gasteiger partial charge >= 0.3 is 0 Å². The standard InChI is InChI=1S/C24H27N3O3/c1-3-4-15-29-20-11-9-18(10-12-20)23-25-24(30-26-23)21-13-14-22(28)27(21)16-19-8-6-5-7-17(19)2/h5-12,21H,3-4,13-16H2,1-2H3. The van der Waals surface area contributed by atoms with E-state index in [4.69, 9.17) is 9.26 Å². The molecule has 156 valence electrons. The summed E-state index contributed by atoms with van der Waals surface area (Å²) in [6, 6.07) is 15.6. The molecule has 1 aliphatic rings. The Bertz CT molecular complexity index is 997. The molecule has 0 spiro atoms. The van der Waals surface area contributed by atoms with E-state index in [1.54, 1.807) is 0 Å². The van der Waals surface area contributed by atoms with Crippen molar-refractivity contribution in [3.8, 4) is 17.1 Å². The van der Waals surface area contributed by atoms with Crippen molar-refractivity contribution >= 4 is 5.91 Å². The molecule has 1 amide bonds. The number of ether oxygens (including phenoxy) is 1. The Morgan fingerprint density at radius 2 is 1.97 bits per heavy atom. The van der Waals surface area contributed by atoms with Crippen LogP contribution in [-0.2, 0) is 11.3 Å². The van der Waals surface area contributed by atoms with E-state index in [9.17, 15) is 4.79 Å². The first-order valence-corrected chi connectivity index (χ1v) is 10.6. The lowest BCUT2D eigenvalue weighted by molar-refractivity contribution is -0.130. The van der Waals surface area contributed by atoms with E-state index in [0.717, 1.165) is 29.7 Å². The monoisotopic (exact) mass is 405 g/mol. The first-order valence-electron chi connectivity index (χ1n) is 10.6. The minimum absolute atomic E-state index is 0.122. The zero-order chi connectivity index (χ0) is 20.9. The van der Waals surface area contributed by atoms with Crippen LogP contribution in [0, 0.1) is 6.92 Å². The van der Waals surface area contributed by atoms with Crippen molar-refractivity contribution in [1.82, 2.24) is 15.0 Å². The Morgan fingerprint density at radius 1 is 1.17 bits per heavy atom. The first-order chi connectivity index (χ1) is 14.7. The molecule has 0 radical (unpaired) electrons. The molecule has 1 saturated heterocycles. The minimum atomic E-state index is -0.185. The van der Waals surface area contributed by atoms with E-state index in [2.05, 4.69) is 36.1 Å². The van der Waals surface area contributed by atoms with Gasteiger partial charge in [-0.3, -0.25) is 4.79 Å². The second-order valence-corrected chi connectivity index (χ2v) is 7.69. The molecule has 1 fully saturated rings. The van der Waals surface area contributed by atoms with Crippen LogP contribution in [0.3, 0.4) is 0 Å². The van der Waals surface area contributed by atoms with Gasteiger partial charge in [0.25, 0.3) is 0 Å². The number of nitrogens with zero attached hydrogens (tertiary/aromatic N) is 3. The Labute approximate surface area is 176 Å². The molecule has 1 aliphatic heterocycles. The molecule has 0 aliphatic carbocycles. The number of benzene rings is 2. The number of amides is 1. The van der Waals surface area contributed by atoms with Crippen LogP contribution in [0.4, 0.5) is 0 Å². The zero-order valence-corrected chi connectivity index (χ0v) is 17.5.